The number of benzene rings is 1. The number of rotatable bonds is 2. The molecule has 2 bridgehead atoms. The second-order valence-corrected chi connectivity index (χ2v) is 13.4. The topological polar surface area (TPSA) is 53.2 Å². The first-order valence-corrected chi connectivity index (χ1v) is 14.2. The van der Waals surface area contributed by atoms with Gasteiger partial charge >= 0.3 is 6.18 Å². The Bertz CT molecular complexity index is 1430. The van der Waals surface area contributed by atoms with Crippen LogP contribution in [0.3, 0.4) is 0 Å². The molecule has 3 fully saturated rings. The smallest absolute Gasteiger partial charge is 0.332 e. The lowest BCUT2D eigenvalue weighted by Gasteiger charge is -2.42. The molecule has 7 unspecified atom stereocenters. The van der Waals surface area contributed by atoms with Crippen molar-refractivity contribution in [2.75, 3.05) is 4.90 Å². The van der Waals surface area contributed by atoms with Gasteiger partial charge in [0, 0.05) is 20.9 Å². The van der Waals surface area contributed by atoms with Crippen LogP contribution in [0.1, 0.15) is 27.7 Å². The SMILES string of the molecule is O=C1C2C3CC(C2C(=O)N1c1cccc(C(F)(F)F)c1)C1C(c2cccs2)c2sc(=S)[nH]c2SC31. The van der Waals surface area contributed by atoms with E-state index in [9.17, 15) is 22.8 Å². The van der Waals surface area contributed by atoms with Crippen molar-refractivity contribution in [1.29, 1.82) is 0 Å². The highest BCUT2D eigenvalue weighted by Crippen LogP contribution is 2.69. The van der Waals surface area contributed by atoms with Crippen LogP contribution in [-0.2, 0) is 15.8 Å². The first kappa shape index (κ1) is 22.3. The quantitative estimate of drug-likeness (QED) is 0.290. The Hall–Kier alpha value is -1.95. The van der Waals surface area contributed by atoms with Crippen LogP contribution in [0, 0.1) is 33.5 Å². The van der Waals surface area contributed by atoms with Gasteiger partial charge in [-0.15, -0.1) is 34.4 Å². The molecule has 4 heterocycles. The fraction of sp³-hybridized carbons (Fsp3) is 0.375. The normalized spacial score (nSPS) is 33.2. The minimum Gasteiger partial charge on any atom is -0.332 e. The average molecular weight is 551 g/mol. The number of amides is 2. The number of thioether (sulfide) groups is 1. The van der Waals surface area contributed by atoms with Gasteiger partial charge in [-0.3, -0.25) is 14.5 Å². The van der Waals surface area contributed by atoms with Gasteiger partial charge in [-0.2, -0.15) is 13.2 Å². The zero-order valence-electron chi connectivity index (χ0n) is 17.8. The van der Waals surface area contributed by atoms with Crippen LogP contribution in [0.15, 0.2) is 46.8 Å². The lowest BCUT2D eigenvalue weighted by Crippen LogP contribution is -2.42. The summed E-state index contributed by atoms with van der Waals surface area (Å²) in [5.41, 5.74) is -0.852. The van der Waals surface area contributed by atoms with Gasteiger partial charge in [-0.25, -0.2) is 0 Å². The minimum absolute atomic E-state index is 0.00438. The Morgan fingerprint density at radius 1 is 1.06 bits per heavy atom. The van der Waals surface area contributed by atoms with Gasteiger partial charge < -0.3 is 4.98 Å². The maximum Gasteiger partial charge on any atom is 0.416 e. The molecule has 2 aliphatic carbocycles. The van der Waals surface area contributed by atoms with Gasteiger partial charge in [-0.05, 0) is 66.0 Å². The fourth-order valence-electron chi connectivity index (χ4n) is 6.88. The number of nitrogens with zero attached hydrogens (tertiary/aromatic N) is 1. The van der Waals surface area contributed by atoms with Crippen molar-refractivity contribution in [2.45, 2.75) is 28.8 Å². The molecule has 180 valence electrons. The van der Waals surface area contributed by atoms with Crippen molar-refractivity contribution in [3.63, 3.8) is 0 Å². The molecule has 1 aromatic carbocycles. The number of hydrogen-bond acceptors (Lipinski definition) is 6. The van der Waals surface area contributed by atoms with Crippen LogP contribution in [-0.4, -0.2) is 22.0 Å². The Morgan fingerprint density at radius 2 is 1.83 bits per heavy atom. The van der Waals surface area contributed by atoms with Crippen LogP contribution in [0.5, 0.6) is 0 Å². The average Bonchev–Trinajstić information content (AvgIpc) is 3.61. The summed E-state index contributed by atoms with van der Waals surface area (Å²) in [5, 5.41) is 3.25. The maximum absolute atomic E-state index is 13.7. The molecule has 2 amide bonds. The van der Waals surface area contributed by atoms with E-state index in [0.29, 0.717) is 0 Å². The highest BCUT2D eigenvalue weighted by atomic mass is 32.2. The number of carbonyl (C=O) groups is 2. The van der Waals surface area contributed by atoms with Crippen molar-refractivity contribution in [1.82, 2.24) is 4.98 Å². The number of nitrogens with one attached hydrogen (secondary N) is 1. The van der Waals surface area contributed by atoms with E-state index >= 15 is 0 Å². The standard InChI is InChI=1S/C24H17F3N2O2S4/c25-24(26,27)9-3-1-4-10(7-9)29-21(30)15-11-8-12(16(15)22(29)31)18-14(11)17(13-5-2-6-33-13)19-20(34-18)28-23(32)35-19/h1-7,11-12,14-18H,8H2,(H,28,32). The summed E-state index contributed by atoms with van der Waals surface area (Å²) in [6.07, 6.45) is -3.75. The van der Waals surface area contributed by atoms with Crippen molar-refractivity contribution >= 4 is 64.2 Å². The summed E-state index contributed by atoms with van der Waals surface area (Å²) in [4.78, 5) is 34.0. The monoisotopic (exact) mass is 550 g/mol. The van der Waals surface area contributed by atoms with E-state index < -0.39 is 23.6 Å². The van der Waals surface area contributed by atoms with Crippen molar-refractivity contribution in [3.8, 4) is 0 Å². The van der Waals surface area contributed by atoms with E-state index in [1.807, 2.05) is 11.4 Å². The molecule has 0 radical (unpaired) electrons. The number of halogens is 3. The number of carbonyl (C=O) groups excluding carboxylic acids is 2. The molecule has 1 saturated heterocycles. The van der Waals surface area contributed by atoms with Crippen LogP contribution in [0.2, 0.25) is 0 Å². The van der Waals surface area contributed by atoms with Gasteiger partial charge in [0.15, 0.2) is 3.95 Å². The summed E-state index contributed by atoms with van der Waals surface area (Å²) >= 11 is 10.4. The Kier molecular flexibility index (Phi) is 4.79. The first-order chi connectivity index (χ1) is 16.7. The third kappa shape index (κ3) is 3.07. The lowest BCUT2D eigenvalue weighted by atomic mass is 9.69. The van der Waals surface area contributed by atoms with E-state index in [0.717, 1.165) is 32.4 Å². The van der Waals surface area contributed by atoms with Crippen molar-refractivity contribution in [2.24, 2.45) is 29.6 Å². The summed E-state index contributed by atoms with van der Waals surface area (Å²) in [6.45, 7) is 0. The second-order valence-electron chi connectivity index (χ2n) is 9.54. The molecule has 7 atom stereocenters. The number of imide groups is 1. The summed E-state index contributed by atoms with van der Waals surface area (Å²) in [6, 6.07) is 8.68. The van der Waals surface area contributed by atoms with Crippen LogP contribution in [0.4, 0.5) is 18.9 Å². The molecule has 3 aromatic rings. The molecule has 7 rings (SSSR count). The number of anilines is 1. The zero-order chi connectivity index (χ0) is 24.2. The fourth-order valence-corrected chi connectivity index (χ4v) is 11.2. The number of fused-ring (bicyclic) bond motifs is 9. The third-order valence-electron chi connectivity index (χ3n) is 8.01. The highest BCUT2D eigenvalue weighted by molar-refractivity contribution is 8.00. The third-order valence-corrected chi connectivity index (χ3v) is 11.9. The number of thiazole rings is 1. The van der Waals surface area contributed by atoms with Crippen molar-refractivity contribution in [3.05, 3.63) is 61.1 Å². The largest absolute Gasteiger partial charge is 0.416 e. The molecule has 0 spiro atoms. The van der Waals surface area contributed by atoms with Gasteiger partial charge in [0.25, 0.3) is 0 Å². The first-order valence-electron chi connectivity index (χ1n) is 11.2. The summed E-state index contributed by atoms with van der Waals surface area (Å²) in [5.74, 6) is -1.39. The Morgan fingerprint density at radius 3 is 2.54 bits per heavy atom. The van der Waals surface area contributed by atoms with E-state index in [2.05, 4.69) is 11.1 Å². The molecule has 35 heavy (non-hydrogen) atoms. The number of aromatic nitrogens is 1. The molecule has 4 nitrogen and oxygen atoms in total. The van der Waals surface area contributed by atoms with Crippen LogP contribution >= 0.6 is 46.7 Å². The van der Waals surface area contributed by atoms with E-state index in [4.69, 9.17) is 12.2 Å². The molecular weight excluding hydrogens is 534 g/mol. The predicted octanol–water partition coefficient (Wildman–Crippen LogP) is 6.56. The molecule has 4 aliphatic rings. The van der Waals surface area contributed by atoms with Crippen LogP contribution in [0.25, 0.3) is 0 Å². The lowest BCUT2D eigenvalue weighted by molar-refractivity contribution is -0.137. The number of H-pyrrole nitrogens is 1. The molecule has 2 aliphatic heterocycles. The molecule has 2 aromatic heterocycles. The molecular formula is C24H17F3N2O2S4. The maximum atomic E-state index is 13.7. The highest BCUT2D eigenvalue weighted by Gasteiger charge is 2.69. The Balaban J connectivity index is 1.30. The van der Waals surface area contributed by atoms with E-state index in [1.54, 1.807) is 34.4 Å². The molecule has 2 saturated carbocycles. The second kappa shape index (κ2) is 7.53. The summed E-state index contributed by atoms with van der Waals surface area (Å²) in [7, 11) is 0. The van der Waals surface area contributed by atoms with Gasteiger partial charge in [0.05, 0.1) is 28.1 Å². The van der Waals surface area contributed by atoms with Crippen LogP contribution < -0.4 is 4.90 Å². The number of hydrogen-bond donors (Lipinski definition) is 1. The number of thiophene rings is 1. The van der Waals surface area contributed by atoms with Gasteiger partial charge in [0.1, 0.15) is 0 Å². The van der Waals surface area contributed by atoms with Gasteiger partial charge in [-0.1, -0.05) is 12.1 Å². The summed E-state index contributed by atoms with van der Waals surface area (Å²) < 4.78 is 40.7. The minimum atomic E-state index is -4.55. The van der Waals surface area contributed by atoms with E-state index in [1.165, 1.54) is 21.9 Å². The zero-order valence-corrected chi connectivity index (χ0v) is 21.1. The predicted molar refractivity (Wildman–Crippen MR) is 131 cm³/mol. The van der Waals surface area contributed by atoms with Crippen molar-refractivity contribution < 1.29 is 22.8 Å². The Labute approximate surface area is 215 Å². The molecule has 1 N–H and O–H groups in total. The number of alkyl halides is 3. The van der Waals surface area contributed by atoms with Gasteiger partial charge in [0.2, 0.25) is 11.8 Å². The number of aromatic amines is 1. The molecule has 11 heteroatoms. The van der Waals surface area contributed by atoms with E-state index in [-0.39, 0.29) is 46.4 Å².